The second kappa shape index (κ2) is 14.3. The number of hydrogen-bond donors (Lipinski definition) is 3. The largest absolute Gasteiger partial charge is 0.325 e. The zero-order valence-electron chi connectivity index (χ0n) is 22.7. The number of rotatable bonds is 10. The summed E-state index contributed by atoms with van der Waals surface area (Å²) in [6.07, 6.45) is 2.41. The average molecular weight is 584 g/mol. The number of para-hydroxylation sites is 1. The third-order valence-corrected chi connectivity index (χ3v) is 7.42. The molecule has 0 aromatic heterocycles. The maximum absolute atomic E-state index is 13.3. The summed E-state index contributed by atoms with van der Waals surface area (Å²) < 4.78 is 0. The normalized spacial score (nSPS) is 11.0. The van der Waals surface area contributed by atoms with Crippen molar-refractivity contribution in [1.29, 1.82) is 0 Å². The summed E-state index contributed by atoms with van der Waals surface area (Å²) in [6.45, 7) is 4.04. The highest BCUT2D eigenvalue weighted by Gasteiger charge is 2.16. The van der Waals surface area contributed by atoms with Gasteiger partial charge in [-0.3, -0.25) is 14.4 Å². The summed E-state index contributed by atoms with van der Waals surface area (Å²) >= 11 is 7.38. The first-order valence-corrected chi connectivity index (χ1v) is 14.4. The van der Waals surface area contributed by atoms with Crippen molar-refractivity contribution in [1.82, 2.24) is 5.32 Å². The molecule has 0 saturated carbocycles. The molecule has 0 atom stereocenters. The van der Waals surface area contributed by atoms with Crippen molar-refractivity contribution in [2.45, 2.75) is 25.2 Å². The van der Waals surface area contributed by atoms with E-state index in [0.29, 0.717) is 21.8 Å². The molecule has 3 N–H and O–H groups in total. The molecule has 41 heavy (non-hydrogen) atoms. The topological polar surface area (TPSA) is 87.3 Å². The molecule has 0 spiro atoms. The second-order valence-electron chi connectivity index (χ2n) is 9.21. The van der Waals surface area contributed by atoms with E-state index < -0.39 is 11.8 Å². The van der Waals surface area contributed by atoms with Crippen LogP contribution in [0.3, 0.4) is 0 Å². The molecular weight excluding hydrogens is 554 g/mol. The minimum atomic E-state index is -0.490. The van der Waals surface area contributed by atoms with Gasteiger partial charge < -0.3 is 16.0 Å². The van der Waals surface area contributed by atoms with Gasteiger partial charge in [0.05, 0.1) is 5.75 Å². The first-order valence-electron chi connectivity index (χ1n) is 13.1. The SMILES string of the molecule is CCc1cccc(C)c1NC(=O)CSc1cccc(NC(=O)/C(=C\c2ccc(Cl)cc2)NC(=O)c2ccccc2)c1. The van der Waals surface area contributed by atoms with Crippen LogP contribution in [0.15, 0.2) is 108 Å². The van der Waals surface area contributed by atoms with Gasteiger partial charge in [-0.25, -0.2) is 0 Å². The molecular formula is C33H30ClN3O3S. The van der Waals surface area contributed by atoms with E-state index in [-0.39, 0.29) is 17.4 Å². The molecule has 0 aliphatic rings. The summed E-state index contributed by atoms with van der Waals surface area (Å²) in [7, 11) is 0. The number of anilines is 2. The van der Waals surface area contributed by atoms with E-state index in [0.717, 1.165) is 28.1 Å². The molecule has 4 aromatic rings. The van der Waals surface area contributed by atoms with Gasteiger partial charge in [-0.05, 0) is 78.6 Å². The van der Waals surface area contributed by atoms with Gasteiger partial charge in [-0.15, -0.1) is 11.8 Å². The second-order valence-corrected chi connectivity index (χ2v) is 10.7. The molecule has 6 nitrogen and oxygen atoms in total. The fourth-order valence-corrected chi connectivity index (χ4v) is 4.94. The lowest BCUT2D eigenvalue weighted by Gasteiger charge is -2.13. The van der Waals surface area contributed by atoms with E-state index in [4.69, 9.17) is 11.6 Å². The van der Waals surface area contributed by atoms with Crippen molar-refractivity contribution in [3.8, 4) is 0 Å². The maximum Gasteiger partial charge on any atom is 0.272 e. The van der Waals surface area contributed by atoms with Gasteiger partial charge >= 0.3 is 0 Å². The zero-order chi connectivity index (χ0) is 29.2. The minimum absolute atomic E-state index is 0.0727. The van der Waals surface area contributed by atoms with E-state index in [9.17, 15) is 14.4 Å². The molecule has 0 saturated heterocycles. The van der Waals surface area contributed by atoms with E-state index in [1.807, 2.05) is 37.3 Å². The summed E-state index contributed by atoms with van der Waals surface area (Å²) in [4.78, 5) is 39.7. The van der Waals surface area contributed by atoms with Crippen molar-refractivity contribution in [2.75, 3.05) is 16.4 Å². The average Bonchev–Trinajstić information content (AvgIpc) is 2.98. The number of benzene rings is 4. The Morgan fingerprint density at radius 2 is 1.59 bits per heavy atom. The van der Waals surface area contributed by atoms with E-state index in [1.54, 1.807) is 72.8 Å². The molecule has 0 unspecified atom stereocenters. The van der Waals surface area contributed by atoms with Crippen LogP contribution < -0.4 is 16.0 Å². The number of hydrogen-bond acceptors (Lipinski definition) is 4. The molecule has 0 aliphatic carbocycles. The summed E-state index contributed by atoms with van der Waals surface area (Å²) in [5.74, 6) is -0.791. The Kier molecular flexibility index (Phi) is 10.4. The molecule has 0 fully saturated rings. The van der Waals surface area contributed by atoms with Crippen molar-refractivity contribution in [3.05, 3.63) is 130 Å². The smallest absolute Gasteiger partial charge is 0.272 e. The molecule has 4 aromatic carbocycles. The summed E-state index contributed by atoms with van der Waals surface area (Å²) in [5.41, 5.74) is 4.70. The molecule has 0 bridgehead atoms. The lowest BCUT2D eigenvalue weighted by molar-refractivity contribution is -0.114. The number of carbonyl (C=O) groups is 3. The first-order chi connectivity index (χ1) is 19.8. The predicted molar refractivity (Wildman–Crippen MR) is 168 cm³/mol. The van der Waals surface area contributed by atoms with Crippen molar-refractivity contribution < 1.29 is 14.4 Å². The Bertz CT molecular complexity index is 1570. The lowest BCUT2D eigenvalue weighted by atomic mass is 10.1. The van der Waals surface area contributed by atoms with E-state index in [2.05, 4.69) is 22.9 Å². The minimum Gasteiger partial charge on any atom is -0.325 e. The molecule has 0 heterocycles. The molecule has 0 aliphatic heterocycles. The monoisotopic (exact) mass is 583 g/mol. The zero-order valence-corrected chi connectivity index (χ0v) is 24.3. The van der Waals surface area contributed by atoms with Gasteiger partial charge in [0.25, 0.3) is 11.8 Å². The Balaban J connectivity index is 1.45. The van der Waals surface area contributed by atoms with Crippen LogP contribution in [0.1, 0.15) is 34.0 Å². The van der Waals surface area contributed by atoms with Crippen LogP contribution in [0, 0.1) is 6.92 Å². The van der Waals surface area contributed by atoms with Gasteiger partial charge in [0, 0.05) is 26.9 Å². The lowest BCUT2D eigenvalue weighted by Crippen LogP contribution is -2.30. The Labute approximate surface area is 249 Å². The third kappa shape index (κ3) is 8.58. The Morgan fingerprint density at radius 1 is 0.854 bits per heavy atom. The van der Waals surface area contributed by atoms with Crippen molar-refractivity contribution in [2.24, 2.45) is 0 Å². The summed E-state index contributed by atoms with van der Waals surface area (Å²) in [5, 5.41) is 9.18. The van der Waals surface area contributed by atoms with Crippen LogP contribution in [0.25, 0.3) is 6.08 Å². The third-order valence-electron chi connectivity index (χ3n) is 6.18. The van der Waals surface area contributed by atoms with Crippen LogP contribution in [0.4, 0.5) is 11.4 Å². The highest BCUT2D eigenvalue weighted by molar-refractivity contribution is 8.00. The number of halogens is 1. The van der Waals surface area contributed by atoms with Gasteiger partial charge in [-0.1, -0.05) is 73.1 Å². The highest BCUT2D eigenvalue weighted by Crippen LogP contribution is 2.25. The van der Waals surface area contributed by atoms with Crippen molar-refractivity contribution in [3.63, 3.8) is 0 Å². The number of thioether (sulfide) groups is 1. The predicted octanol–water partition coefficient (Wildman–Crippen LogP) is 7.35. The quantitative estimate of drug-likeness (QED) is 0.134. The first kappa shape index (κ1) is 29.6. The van der Waals surface area contributed by atoms with Gasteiger partial charge in [0.2, 0.25) is 5.91 Å². The fourth-order valence-electron chi connectivity index (χ4n) is 4.06. The van der Waals surface area contributed by atoms with Crippen LogP contribution in [0.2, 0.25) is 5.02 Å². The molecule has 3 amide bonds. The van der Waals surface area contributed by atoms with Crippen LogP contribution >= 0.6 is 23.4 Å². The van der Waals surface area contributed by atoms with Crippen LogP contribution in [-0.4, -0.2) is 23.5 Å². The van der Waals surface area contributed by atoms with Crippen molar-refractivity contribution >= 4 is 58.5 Å². The van der Waals surface area contributed by atoms with E-state index >= 15 is 0 Å². The Hall–Kier alpha value is -4.33. The summed E-state index contributed by atoms with van der Waals surface area (Å²) in [6, 6.07) is 28.8. The van der Waals surface area contributed by atoms with Gasteiger partial charge in [-0.2, -0.15) is 0 Å². The number of aryl methyl sites for hydroxylation is 2. The molecule has 208 valence electrons. The standard InChI is InChI=1S/C33H30ClN3O3S/c1-3-24-12-7-9-22(2)31(24)37-30(38)21-41-28-14-8-13-27(20-28)35-33(40)29(19-23-15-17-26(34)18-16-23)36-32(39)25-10-5-4-6-11-25/h4-20H,3,21H2,1-2H3,(H,35,40)(H,36,39)(H,37,38)/b29-19+. The number of nitrogens with one attached hydrogen (secondary N) is 3. The van der Waals surface area contributed by atoms with Gasteiger partial charge in [0.1, 0.15) is 5.70 Å². The van der Waals surface area contributed by atoms with Crippen LogP contribution in [-0.2, 0) is 16.0 Å². The van der Waals surface area contributed by atoms with Crippen LogP contribution in [0.5, 0.6) is 0 Å². The Morgan fingerprint density at radius 3 is 2.32 bits per heavy atom. The number of carbonyl (C=O) groups excluding carboxylic acids is 3. The molecule has 4 rings (SSSR count). The maximum atomic E-state index is 13.3. The molecule has 0 radical (unpaired) electrons. The number of amides is 3. The van der Waals surface area contributed by atoms with E-state index in [1.165, 1.54) is 11.8 Å². The fraction of sp³-hybridized carbons (Fsp3) is 0.121. The highest BCUT2D eigenvalue weighted by atomic mass is 35.5. The van der Waals surface area contributed by atoms with Gasteiger partial charge in [0.15, 0.2) is 0 Å². The molecule has 8 heteroatoms.